The Labute approximate surface area is 103 Å². The molecule has 0 aromatic heterocycles. The highest BCUT2D eigenvalue weighted by Crippen LogP contribution is 2.16. The third-order valence-electron chi connectivity index (χ3n) is 2.94. The van der Waals surface area contributed by atoms with Crippen LogP contribution in [0.25, 0.3) is 0 Å². The van der Waals surface area contributed by atoms with Crippen LogP contribution in [0, 0.1) is 5.92 Å². The number of benzene rings is 1. The first kappa shape index (κ1) is 13.5. The van der Waals surface area contributed by atoms with Crippen molar-refractivity contribution in [3.05, 3.63) is 29.8 Å². The minimum absolute atomic E-state index is 0.00106. The topological polar surface area (TPSA) is 58.4 Å². The van der Waals surface area contributed by atoms with Crippen molar-refractivity contribution < 1.29 is 4.79 Å². The minimum atomic E-state index is -0.00106. The van der Waals surface area contributed by atoms with Crippen molar-refractivity contribution in [2.45, 2.75) is 20.3 Å². The number of nitrogens with zero attached hydrogens (tertiary/aromatic N) is 1. The minimum Gasteiger partial charge on any atom is -0.341 e. The van der Waals surface area contributed by atoms with Crippen molar-refractivity contribution in [2.24, 2.45) is 11.8 Å². The number of amides is 1. The normalized spacial score (nSPS) is 12.0. The van der Waals surface area contributed by atoms with Gasteiger partial charge in [-0.15, -0.1) is 0 Å². The van der Waals surface area contributed by atoms with Gasteiger partial charge in [-0.3, -0.25) is 10.6 Å². The highest BCUT2D eigenvalue weighted by Gasteiger charge is 2.16. The summed E-state index contributed by atoms with van der Waals surface area (Å²) in [5.74, 6) is 5.90. The van der Waals surface area contributed by atoms with Gasteiger partial charge in [0.2, 0.25) is 0 Å². The van der Waals surface area contributed by atoms with Crippen LogP contribution in [-0.4, -0.2) is 24.4 Å². The van der Waals surface area contributed by atoms with Crippen LogP contribution < -0.4 is 11.3 Å². The molecule has 3 N–H and O–H groups in total. The van der Waals surface area contributed by atoms with E-state index in [0.717, 1.165) is 13.0 Å². The molecule has 0 spiro atoms. The average Bonchev–Trinajstić information content (AvgIpc) is 2.37. The van der Waals surface area contributed by atoms with E-state index in [1.807, 2.05) is 19.2 Å². The fourth-order valence-electron chi connectivity index (χ4n) is 1.68. The zero-order chi connectivity index (χ0) is 12.8. The Balaban J connectivity index is 2.81. The molecule has 0 aliphatic heterocycles. The summed E-state index contributed by atoms with van der Waals surface area (Å²) in [7, 11) is 1.82. The highest BCUT2D eigenvalue weighted by atomic mass is 16.2. The van der Waals surface area contributed by atoms with Crippen molar-refractivity contribution in [1.29, 1.82) is 0 Å². The van der Waals surface area contributed by atoms with E-state index in [4.69, 9.17) is 5.84 Å². The number of hydrogen-bond acceptors (Lipinski definition) is 3. The number of rotatable bonds is 5. The first-order chi connectivity index (χ1) is 8.10. The van der Waals surface area contributed by atoms with Crippen molar-refractivity contribution in [2.75, 3.05) is 19.0 Å². The summed E-state index contributed by atoms with van der Waals surface area (Å²) in [6.45, 7) is 5.02. The zero-order valence-corrected chi connectivity index (χ0v) is 10.7. The van der Waals surface area contributed by atoms with Gasteiger partial charge in [-0.1, -0.05) is 32.4 Å². The highest BCUT2D eigenvalue weighted by molar-refractivity contribution is 5.99. The van der Waals surface area contributed by atoms with Crippen LogP contribution in [0.2, 0.25) is 0 Å². The molecule has 17 heavy (non-hydrogen) atoms. The lowest BCUT2D eigenvalue weighted by molar-refractivity contribution is 0.0776. The van der Waals surface area contributed by atoms with Gasteiger partial charge in [-0.05, 0) is 18.1 Å². The Bertz CT molecular complexity index is 379. The summed E-state index contributed by atoms with van der Waals surface area (Å²) in [5.41, 5.74) is 3.82. The maximum Gasteiger partial charge on any atom is 0.255 e. The van der Waals surface area contributed by atoms with Crippen LogP contribution in [0.4, 0.5) is 5.69 Å². The maximum atomic E-state index is 12.2. The third-order valence-corrected chi connectivity index (χ3v) is 2.94. The predicted molar refractivity (Wildman–Crippen MR) is 70.7 cm³/mol. The summed E-state index contributed by atoms with van der Waals surface area (Å²) in [4.78, 5) is 13.9. The summed E-state index contributed by atoms with van der Waals surface area (Å²) in [6.07, 6.45) is 1.06. The van der Waals surface area contributed by atoms with E-state index in [-0.39, 0.29) is 5.91 Å². The standard InChI is InChI=1S/C13H21N3O/c1-4-10(2)9-16(3)13(17)11-7-5-6-8-12(11)15-14/h5-8,10,15H,4,9,14H2,1-3H3. The lowest BCUT2D eigenvalue weighted by atomic mass is 10.1. The lowest BCUT2D eigenvalue weighted by Crippen LogP contribution is -2.31. The Morgan fingerprint density at radius 2 is 2.12 bits per heavy atom. The largest absolute Gasteiger partial charge is 0.341 e. The quantitative estimate of drug-likeness (QED) is 0.607. The van der Waals surface area contributed by atoms with Gasteiger partial charge in [0.1, 0.15) is 0 Å². The smallest absolute Gasteiger partial charge is 0.255 e. The van der Waals surface area contributed by atoms with E-state index in [1.165, 1.54) is 0 Å². The molecule has 1 rings (SSSR count). The Kier molecular flexibility index (Phi) is 4.97. The van der Waals surface area contributed by atoms with E-state index < -0.39 is 0 Å². The number of anilines is 1. The summed E-state index contributed by atoms with van der Waals surface area (Å²) < 4.78 is 0. The fourth-order valence-corrected chi connectivity index (χ4v) is 1.68. The van der Waals surface area contributed by atoms with Gasteiger partial charge in [0, 0.05) is 13.6 Å². The number of nitrogens with two attached hydrogens (primary N) is 1. The van der Waals surface area contributed by atoms with Crippen LogP contribution in [-0.2, 0) is 0 Å². The van der Waals surface area contributed by atoms with E-state index in [9.17, 15) is 4.79 Å². The molecule has 0 aliphatic rings. The molecule has 1 aromatic carbocycles. The monoisotopic (exact) mass is 235 g/mol. The number of carbonyl (C=O) groups excluding carboxylic acids is 1. The van der Waals surface area contributed by atoms with Crippen LogP contribution in [0.15, 0.2) is 24.3 Å². The van der Waals surface area contributed by atoms with Gasteiger partial charge in [0.15, 0.2) is 0 Å². The maximum absolute atomic E-state index is 12.2. The molecular weight excluding hydrogens is 214 g/mol. The Morgan fingerprint density at radius 1 is 1.47 bits per heavy atom. The number of hydrogen-bond donors (Lipinski definition) is 2. The van der Waals surface area contributed by atoms with Gasteiger partial charge in [-0.25, -0.2) is 0 Å². The first-order valence-electron chi connectivity index (χ1n) is 5.91. The molecule has 0 fully saturated rings. The molecule has 1 atom stereocenters. The van der Waals surface area contributed by atoms with Gasteiger partial charge >= 0.3 is 0 Å². The SMILES string of the molecule is CCC(C)CN(C)C(=O)c1ccccc1NN. The van der Waals surface area contributed by atoms with Crippen molar-refractivity contribution in [1.82, 2.24) is 4.90 Å². The second-order valence-corrected chi connectivity index (χ2v) is 4.39. The molecule has 0 saturated carbocycles. The van der Waals surface area contributed by atoms with E-state index in [1.54, 1.807) is 17.0 Å². The molecule has 0 aliphatic carbocycles. The number of carbonyl (C=O) groups is 1. The van der Waals surface area contributed by atoms with Gasteiger partial charge in [0.05, 0.1) is 11.3 Å². The third kappa shape index (κ3) is 3.46. The Hall–Kier alpha value is -1.55. The molecular formula is C13H21N3O. The van der Waals surface area contributed by atoms with Crippen LogP contribution >= 0.6 is 0 Å². The van der Waals surface area contributed by atoms with E-state index in [2.05, 4.69) is 19.3 Å². The average molecular weight is 235 g/mol. The van der Waals surface area contributed by atoms with E-state index in [0.29, 0.717) is 17.2 Å². The molecule has 1 amide bonds. The molecule has 94 valence electrons. The number of nitrogen functional groups attached to an aromatic ring is 1. The van der Waals surface area contributed by atoms with Crippen LogP contribution in [0.5, 0.6) is 0 Å². The van der Waals surface area contributed by atoms with Crippen LogP contribution in [0.3, 0.4) is 0 Å². The molecule has 1 aromatic rings. The van der Waals surface area contributed by atoms with E-state index >= 15 is 0 Å². The van der Waals surface area contributed by atoms with Crippen LogP contribution in [0.1, 0.15) is 30.6 Å². The Morgan fingerprint density at radius 3 is 2.71 bits per heavy atom. The molecule has 0 saturated heterocycles. The summed E-state index contributed by atoms with van der Waals surface area (Å²) in [6, 6.07) is 7.26. The predicted octanol–water partition coefficient (Wildman–Crippen LogP) is 2.09. The molecule has 4 nitrogen and oxygen atoms in total. The lowest BCUT2D eigenvalue weighted by Gasteiger charge is -2.21. The second kappa shape index (κ2) is 6.25. The molecule has 0 bridgehead atoms. The van der Waals surface area contributed by atoms with Crippen molar-refractivity contribution >= 4 is 11.6 Å². The molecule has 0 heterocycles. The molecule has 0 radical (unpaired) electrons. The summed E-state index contributed by atoms with van der Waals surface area (Å²) >= 11 is 0. The van der Waals surface area contributed by atoms with Gasteiger partial charge in [0.25, 0.3) is 5.91 Å². The van der Waals surface area contributed by atoms with Gasteiger partial charge < -0.3 is 10.3 Å². The fraction of sp³-hybridized carbons (Fsp3) is 0.462. The number of nitrogens with one attached hydrogen (secondary N) is 1. The van der Waals surface area contributed by atoms with Gasteiger partial charge in [-0.2, -0.15) is 0 Å². The first-order valence-corrected chi connectivity index (χ1v) is 5.91. The number of hydrazine groups is 1. The molecule has 4 heteroatoms. The van der Waals surface area contributed by atoms with Crippen molar-refractivity contribution in [3.8, 4) is 0 Å². The second-order valence-electron chi connectivity index (χ2n) is 4.39. The molecule has 1 unspecified atom stereocenters. The summed E-state index contributed by atoms with van der Waals surface area (Å²) in [5, 5.41) is 0. The van der Waals surface area contributed by atoms with Crippen molar-refractivity contribution in [3.63, 3.8) is 0 Å². The number of para-hydroxylation sites is 1. The zero-order valence-electron chi connectivity index (χ0n) is 10.7.